The van der Waals surface area contributed by atoms with Crippen molar-refractivity contribution in [2.75, 3.05) is 20.2 Å². The summed E-state index contributed by atoms with van der Waals surface area (Å²) in [6.45, 7) is 4.85. The molecule has 1 aromatic carbocycles. The zero-order valence-corrected chi connectivity index (χ0v) is 12.0. The summed E-state index contributed by atoms with van der Waals surface area (Å²) in [5.41, 5.74) is 0.539. The van der Waals surface area contributed by atoms with E-state index in [4.69, 9.17) is 4.74 Å². The number of hydrogen-bond acceptors (Lipinski definition) is 5. The number of ether oxygens (including phenoxy) is 1. The monoisotopic (exact) mass is 280 g/mol. The van der Waals surface area contributed by atoms with E-state index >= 15 is 0 Å². The molecule has 6 heteroatoms. The van der Waals surface area contributed by atoms with Gasteiger partial charge in [-0.05, 0) is 32.4 Å². The molecule has 0 unspecified atom stereocenters. The van der Waals surface area contributed by atoms with Crippen LogP contribution in [-0.2, 0) is 16.0 Å². The predicted molar refractivity (Wildman–Crippen MR) is 75.5 cm³/mol. The van der Waals surface area contributed by atoms with Gasteiger partial charge in [0, 0.05) is 18.7 Å². The lowest BCUT2D eigenvalue weighted by Gasteiger charge is -2.21. The first-order valence-corrected chi connectivity index (χ1v) is 6.39. The summed E-state index contributed by atoms with van der Waals surface area (Å²) in [6, 6.07) is 6.47. The highest BCUT2D eigenvalue weighted by molar-refractivity contribution is 5.76. The van der Waals surface area contributed by atoms with E-state index in [0.717, 1.165) is 12.0 Å². The number of esters is 1. The van der Waals surface area contributed by atoms with E-state index in [9.17, 15) is 14.9 Å². The first-order valence-electron chi connectivity index (χ1n) is 6.39. The second-order valence-electron chi connectivity index (χ2n) is 5.23. The van der Waals surface area contributed by atoms with E-state index in [1.54, 1.807) is 12.1 Å². The molecule has 0 aromatic heterocycles. The Bertz CT molecular complexity index is 469. The Hall–Kier alpha value is -1.95. The van der Waals surface area contributed by atoms with Gasteiger partial charge in [0.15, 0.2) is 0 Å². The fraction of sp³-hybridized carbons (Fsp3) is 0.500. The lowest BCUT2D eigenvalue weighted by molar-refractivity contribution is -0.384. The number of carbonyl (C=O) groups is 1. The van der Waals surface area contributed by atoms with Gasteiger partial charge in [0.1, 0.15) is 0 Å². The summed E-state index contributed by atoms with van der Waals surface area (Å²) < 4.78 is 4.72. The number of methoxy groups -OCH3 is 1. The van der Waals surface area contributed by atoms with E-state index in [2.05, 4.69) is 5.32 Å². The van der Waals surface area contributed by atoms with Crippen LogP contribution in [-0.4, -0.2) is 31.1 Å². The standard InChI is InChI=1S/C14H20N2O4/c1-14(2,13(17)20-3)10-15-9-8-11-4-6-12(7-5-11)16(18)19/h4-7,15H,8-10H2,1-3H3. The first-order chi connectivity index (χ1) is 9.36. The molecule has 0 aliphatic rings. The zero-order chi connectivity index (χ0) is 15.2. The van der Waals surface area contributed by atoms with Crippen LogP contribution in [0.3, 0.4) is 0 Å². The Balaban J connectivity index is 2.38. The molecule has 0 bridgehead atoms. The molecule has 0 atom stereocenters. The van der Waals surface area contributed by atoms with Crippen LogP contribution in [0.5, 0.6) is 0 Å². The molecule has 0 saturated carbocycles. The maximum Gasteiger partial charge on any atom is 0.312 e. The van der Waals surface area contributed by atoms with Crippen molar-refractivity contribution in [2.45, 2.75) is 20.3 Å². The summed E-state index contributed by atoms with van der Waals surface area (Å²) in [5.74, 6) is -0.250. The fourth-order valence-electron chi connectivity index (χ4n) is 1.77. The van der Waals surface area contributed by atoms with Gasteiger partial charge in [0.05, 0.1) is 17.4 Å². The van der Waals surface area contributed by atoms with Crippen molar-refractivity contribution in [2.24, 2.45) is 5.41 Å². The van der Waals surface area contributed by atoms with Crippen LogP contribution in [0.2, 0.25) is 0 Å². The van der Waals surface area contributed by atoms with Crippen LogP contribution in [0.25, 0.3) is 0 Å². The second-order valence-corrected chi connectivity index (χ2v) is 5.23. The number of benzene rings is 1. The third kappa shape index (κ3) is 4.62. The van der Waals surface area contributed by atoms with Crippen LogP contribution < -0.4 is 5.32 Å². The minimum absolute atomic E-state index is 0.0912. The van der Waals surface area contributed by atoms with Gasteiger partial charge in [-0.2, -0.15) is 0 Å². The Morgan fingerprint density at radius 1 is 1.35 bits per heavy atom. The van der Waals surface area contributed by atoms with E-state index in [1.807, 2.05) is 13.8 Å². The van der Waals surface area contributed by atoms with Gasteiger partial charge >= 0.3 is 5.97 Å². The summed E-state index contributed by atoms with van der Waals surface area (Å²) in [6.07, 6.45) is 0.745. The van der Waals surface area contributed by atoms with Crippen LogP contribution >= 0.6 is 0 Å². The Morgan fingerprint density at radius 2 is 1.95 bits per heavy atom. The molecular weight excluding hydrogens is 260 g/mol. The third-order valence-corrected chi connectivity index (χ3v) is 3.04. The molecule has 0 fully saturated rings. The molecule has 0 aliphatic carbocycles. The number of hydrogen-bond donors (Lipinski definition) is 1. The Morgan fingerprint density at radius 3 is 2.45 bits per heavy atom. The van der Waals surface area contributed by atoms with Crippen molar-refractivity contribution >= 4 is 11.7 Å². The maximum atomic E-state index is 11.5. The molecule has 1 aromatic rings. The highest BCUT2D eigenvalue weighted by Gasteiger charge is 2.27. The van der Waals surface area contributed by atoms with Crippen molar-refractivity contribution in [3.05, 3.63) is 39.9 Å². The fourth-order valence-corrected chi connectivity index (χ4v) is 1.77. The lowest BCUT2D eigenvalue weighted by Crippen LogP contribution is -2.37. The van der Waals surface area contributed by atoms with Gasteiger partial charge in [-0.1, -0.05) is 12.1 Å². The van der Waals surface area contributed by atoms with E-state index in [-0.39, 0.29) is 11.7 Å². The van der Waals surface area contributed by atoms with Crippen molar-refractivity contribution in [3.63, 3.8) is 0 Å². The summed E-state index contributed by atoms with van der Waals surface area (Å²) in [5, 5.41) is 13.7. The van der Waals surface area contributed by atoms with Crippen LogP contribution in [0.4, 0.5) is 5.69 Å². The van der Waals surface area contributed by atoms with Crippen molar-refractivity contribution in [3.8, 4) is 0 Å². The lowest BCUT2D eigenvalue weighted by atomic mass is 9.94. The molecule has 20 heavy (non-hydrogen) atoms. The SMILES string of the molecule is COC(=O)C(C)(C)CNCCc1ccc([N+](=O)[O-])cc1. The molecule has 0 heterocycles. The number of nitrogens with one attached hydrogen (secondary N) is 1. The van der Waals surface area contributed by atoms with Gasteiger partial charge in [0.2, 0.25) is 0 Å². The molecule has 1 N–H and O–H groups in total. The minimum atomic E-state index is -0.565. The summed E-state index contributed by atoms with van der Waals surface area (Å²) >= 11 is 0. The van der Waals surface area contributed by atoms with Gasteiger partial charge in [-0.3, -0.25) is 14.9 Å². The van der Waals surface area contributed by atoms with E-state index in [1.165, 1.54) is 19.2 Å². The first kappa shape index (κ1) is 16.1. The molecule has 0 amide bonds. The smallest absolute Gasteiger partial charge is 0.312 e. The quantitative estimate of drug-likeness (QED) is 0.357. The zero-order valence-electron chi connectivity index (χ0n) is 12.0. The summed E-state index contributed by atoms with van der Waals surface area (Å²) in [4.78, 5) is 21.6. The minimum Gasteiger partial charge on any atom is -0.469 e. The molecule has 6 nitrogen and oxygen atoms in total. The average molecular weight is 280 g/mol. The summed E-state index contributed by atoms with van der Waals surface area (Å²) in [7, 11) is 1.38. The van der Waals surface area contributed by atoms with Crippen molar-refractivity contribution in [1.82, 2.24) is 5.32 Å². The third-order valence-electron chi connectivity index (χ3n) is 3.04. The molecule has 1 rings (SSSR count). The van der Waals surface area contributed by atoms with E-state index < -0.39 is 10.3 Å². The Kier molecular flexibility index (Phi) is 5.64. The molecule has 0 radical (unpaired) electrons. The molecule has 0 spiro atoms. The largest absolute Gasteiger partial charge is 0.469 e. The highest BCUT2D eigenvalue weighted by Crippen LogP contribution is 2.15. The molecule has 110 valence electrons. The maximum absolute atomic E-state index is 11.5. The molecular formula is C14H20N2O4. The van der Waals surface area contributed by atoms with Crippen molar-refractivity contribution in [1.29, 1.82) is 0 Å². The molecule has 0 saturated heterocycles. The van der Waals surface area contributed by atoms with Crippen molar-refractivity contribution < 1.29 is 14.5 Å². The van der Waals surface area contributed by atoms with Crippen LogP contribution in [0.15, 0.2) is 24.3 Å². The van der Waals surface area contributed by atoms with E-state index in [0.29, 0.717) is 13.1 Å². The average Bonchev–Trinajstić information content (AvgIpc) is 2.43. The van der Waals surface area contributed by atoms with Gasteiger partial charge in [0.25, 0.3) is 5.69 Å². The topological polar surface area (TPSA) is 81.5 Å². The number of non-ortho nitro benzene ring substituents is 1. The highest BCUT2D eigenvalue weighted by atomic mass is 16.6. The predicted octanol–water partition coefficient (Wildman–Crippen LogP) is 1.93. The number of nitro benzene ring substituents is 1. The number of carbonyl (C=O) groups excluding carboxylic acids is 1. The Labute approximate surface area is 118 Å². The number of nitrogens with zero attached hydrogens (tertiary/aromatic N) is 1. The van der Waals surface area contributed by atoms with Gasteiger partial charge in [-0.25, -0.2) is 0 Å². The number of nitro groups is 1. The second kappa shape index (κ2) is 7.00. The van der Waals surface area contributed by atoms with Gasteiger partial charge in [-0.15, -0.1) is 0 Å². The van der Waals surface area contributed by atoms with Gasteiger partial charge < -0.3 is 10.1 Å². The molecule has 0 aliphatic heterocycles. The van der Waals surface area contributed by atoms with Crippen LogP contribution in [0, 0.1) is 15.5 Å². The van der Waals surface area contributed by atoms with Crippen LogP contribution in [0.1, 0.15) is 19.4 Å². The normalized spacial score (nSPS) is 11.2. The number of rotatable bonds is 7.